The fourth-order valence-corrected chi connectivity index (χ4v) is 5.21. The van der Waals surface area contributed by atoms with Gasteiger partial charge in [-0.05, 0) is 44.2 Å². The second kappa shape index (κ2) is 8.34. The Kier molecular flexibility index (Phi) is 5.13. The zero-order valence-corrected chi connectivity index (χ0v) is 20.2. The first kappa shape index (κ1) is 21.5. The van der Waals surface area contributed by atoms with Crippen molar-refractivity contribution in [1.29, 1.82) is 0 Å². The van der Waals surface area contributed by atoms with Gasteiger partial charge in [0, 0.05) is 54.7 Å². The van der Waals surface area contributed by atoms with Crippen molar-refractivity contribution in [2.24, 2.45) is 0 Å². The van der Waals surface area contributed by atoms with Crippen molar-refractivity contribution in [3.8, 4) is 17.1 Å². The van der Waals surface area contributed by atoms with Crippen LogP contribution in [0.4, 0.5) is 17.1 Å². The van der Waals surface area contributed by atoms with Crippen LogP contribution in [0.1, 0.15) is 29.8 Å². The third kappa shape index (κ3) is 3.50. The van der Waals surface area contributed by atoms with Gasteiger partial charge in [0.05, 0.1) is 23.7 Å². The van der Waals surface area contributed by atoms with E-state index in [0.29, 0.717) is 16.9 Å². The van der Waals surface area contributed by atoms with E-state index in [1.165, 1.54) is 5.69 Å². The van der Waals surface area contributed by atoms with Crippen LogP contribution in [0.3, 0.4) is 0 Å². The number of carbonyl (C=O) groups excluding carboxylic acids is 1. The Morgan fingerprint density at radius 2 is 1.66 bits per heavy atom. The molecule has 178 valence electrons. The van der Waals surface area contributed by atoms with Gasteiger partial charge in [0.15, 0.2) is 11.5 Å². The molecule has 4 aromatic rings. The Labute approximate surface area is 204 Å². The molecule has 2 aliphatic rings. The summed E-state index contributed by atoms with van der Waals surface area (Å²) in [6.45, 7) is 7.62. The molecule has 1 aliphatic carbocycles. The second-order valence-electron chi connectivity index (χ2n) is 9.40. The molecule has 7 nitrogen and oxygen atoms in total. The summed E-state index contributed by atoms with van der Waals surface area (Å²) in [6.07, 6.45) is 0. The number of nitrogens with zero attached hydrogens (tertiary/aromatic N) is 3. The molecular formula is C28H28N4O3. The average Bonchev–Trinajstić information content (AvgIpc) is 3.33. The van der Waals surface area contributed by atoms with Gasteiger partial charge in [-0.25, -0.2) is 0 Å². The van der Waals surface area contributed by atoms with Gasteiger partial charge in [-0.15, -0.1) is 0 Å². The van der Waals surface area contributed by atoms with Crippen molar-refractivity contribution in [2.75, 3.05) is 48.4 Å². The van der Waals surface area contributed by atoms with Crippen molar-refractivity contribution in [2.45, 2.75) is 19.9 Å². The average molecular weight is 469 g/mol. The summed E-state index contributed by atoms with van der Waals surface area (Å²) in [4.78, 5) is 18.3. The molecule has 1 aromatic heterocycles. The third-order valence-electron chi connectivity index (χ3n) is 6.88. The summed E-state index contributed by atoms with van der Waals surface area (Å²) < 4.78 is 11.2. The van der Waals surface area contributed by atoms with Gasteiger partial charge in [0.2, 0.25) is 0 Å². The lowest BCUT2D eigenvalue weighted by Gasteiger charge is -2.37. The third-order valence-corrected chi connectivity index (χ3v) is 6.88. The van der Waals surface area contributed by atoms with Gasteiger partial charge in [0.1, 0.15) is 11.3 Å². The van der Waals surface area contributed by atoms with E-state index in [1.807, 2.05) is 36.4 Å². The molecule has 0 amide bonds. The number of rotatable bonds is 5. The van der Waals surface area contributed by atoms with E-state index in [2.05, 4.69) is 52.3 Å². The number of aromatic nitrogens is 1. The summed E-state index contributed by atoms with van der Waals surface area (Å²) >= 11 is 0. The number of nitrogens with one attached hydrogen (secondary N) is 1. The van der Waals surface area contributed by atoms with E-state index in [1.54, 1.807) is 7.11 Å². The molecule has 0 bridgehead atoms. The number of piperazine rings is 1. The van der Waals surface area contributed by atoms with Crippen molar-refractivity contribution in [1.82, 2.24) is 5.16 Å². The van der Waals surface area contributed by atoms with Crippen LogP contribution in [-0.4, -0.2) is 50.3 Å². The fraction of sp³-hybridized carbons (Fsp3) is 0.286. The van der Waals surface area contributed by atoms with E-state index in [-0.39, 0.29) is 11.8 Å². The number of fused-ring (bicyclic) bond motifs is 2. The van der Waals surface area contributed by atoms with E-state index < -0.39 is 0 Å². The smallest absolute Gasteiger partial charge is 0.196 e. The normalized spacial score (nSPS) is 15.0. The lowest BCUT2D eigenvalue weighted by molar-refractivity contribution is 0.104. The standard InChI is InChI=1S/C28H28N4O3/c1-17(2)29-22-16-23(32-14-12-31(13-15-32)18-8-10-19(34-3)11-9-18)26-25-24(22)27(33)20-6-4-5-7-21(20)28(25)35-30-26/h4-11,16-17,29H,12-15H2,1-3H3. The van der Waals surface area contributed by atoms with E-state index in [0.717, 1.165) is 59.8 Å². The topological polar surface area (TPSA) is 70.8 Å². The number of ketones is 1. The first-order valence-corrected chi connectivity index (χ1v) is 12.1. The van der Waals surface area contributed by atoms with Crippen LogP contribution in [0.15, 0.2) is 59.1 Å². The molecule has 1 fully saturated rings. The summed E-state index contributed by atoms with van der Waals surface area (Å²) in [6, 6.07) is 18.1. The molecule has 0 saturated carbocycles. The van der Waals surface area contributed by atoms with Crippen LogP contribution in [0.2, 0.25) is 0 Å². The highest BCUT2D eigenvalue weighted by Crippen LogP contribution is 2.46. The van der Waals surface area contributed by atoms with Gasteiger partial charge in [-0.2, -0.15) is 0 Å². The van der Waals surface area contributed by atoms with Crippen LogP contribution in [0, 0.1) is 0 Å². The summed E-state index contributed by atoms with van der Waals surface area (Å²) in [5, 5.41) is 8.82. The Morgan fingerprint density at radius 3 is 2.34 bits per heavy atom. The molecule has 3 aromatic carbocycles. The minimum Gasteiger partial charge on any atom is -0.497 e. The van der Waals surface area contributed by atoms with Crippen LogP contribution in [0.25, 0.3) is 22.2 Å². The highest BCUT2D eigenvalue weighted by Gasteiger charge is 2.34. The van der Waals surface area contributed by atoms with Gasteiger partial charge >= 0.3 is 0 Å². The number of benzene rings is 3. The van der Waals surface area contributed by atoms with E-state index >= 15 is 0 Å². The molecule has 6 rings (SSSR count). The molecule has 0 unspecified atom stereocenters. The number of methoxy groups -OCH3 is 1. The monoisotopic (exact) mass is 468 g/mol. The maximum absolute atomic E-state index is 13.6. The molecule has 1 aliphatic heterocycles. The fourth-order valence-electron chi connectivity index (χ4n) is 5.21. The quantitative estimate of drug-likeness (QED) is 0.380. The maximum Gasteiger partial charge on any atom is 0.196 e. The highest BCUT2D eigenvalue weighted by molar-refractivity contribution is 6.28. The van der Waals surface area contributed by atoms with Crippen LogP contribution in [-0.2, 0) is 0 Å². The molecule has 0 spiro atoms. The predicted octanol–water partition coefficient (Wildman–Crippen LogP) is 5.19. The summed E-state index contributed by atoms with van der Waals surface area (Å²) in [7, 11) is 1.68. The van der Waals surface area contributed by atoms with E-state index in [9.17, 15) is 4.79 Å². The number of hydrogen-bond donors (Lipinski definition) is 1. The lowest BCUT2D eigenvalue weighted by Crippen LogP contribution is -2.46. The predicted molar refractivity (Wildman–Crippen MR) is 139 cm³/mol. The van der Waals surface area contributed by atoms with Gasteiger partial charge in [-0.1, -0.05) is 29.4 Å². The Hall–Kier alpha value is -4.00. The molecule has 0 atom stereocenters. The Balaban J connectivity index is 1.39. The first-order chi connectivity index (χ1) is 17.0. The van der Waals surface area contributed by atoms with Gasteiger partial charge in [0.25, 0.3) is 0 Å². The molecule has 0 radical (unpaired) electrons. The van der Waals surface area contributed by atoms with Crippen LogP contribution >= 0.6 is 0 Å². The van der Waals surface area contributed by atoms with Crippen LogP contribution < -0.4 is 19.9 Å². The van der Waals surface area contributed by atoms with Crippen molar-refractivity contribution in [3.05, 3.63) is 65.7 Å². The number of carbonyl (C=O) groups is 1. The first-order valence-electron chi connectivity index (χ1n) is 12.1. The molecule has 1 N–H and O–H groups in total. The zero-order valence-electron chi connectivity index (χ0n) is 20.2. The molecule has 1 saturated heterocycles. The maximum atomic E-state index is 13.6. The molecule has 7 heteroatoms. The van der Waals surface area contributed by atoms with Gasteiger partial charge < -0.3 is 24.4 Å². The summed E-state index contributed by atoms with van der Waals surface area (Å²) in [5.41, 5.74) is 5.91. The molecule has 2 heterocycles. The van der Waals surface area contributed by atoms with Crippen molar-refractivity contribution >= 4 is 33.7 Å². The Bertz CT molecular complexity index is 1420. The SMILES string of the molecule is COc1ccc(N2CCN(c3cc(NC(C)C)c4c5c(onc35)-c3ccccc3C4=O)CC2)cc1. The minimum absolute atomic E-state index is 0.0142. The molecule has 35 heavy (non-hydrogen) atoms. The van der Waals surface area contributed by atoms with E-state index in [4.69, 9.17) is 9.26 Å². The zero-order chi connectivity index (χ0) is 24.1. The van der Waals surface area contributed by atoms with Crippen LogP contribution in [0.5, 0.6) is 5.75 Å². The highest BCUT2D eigenvalue weighted by atomic mass is 16.5. The number of hydrogen-bond acceptors (Lipinski definition) is 7. The molecular weight excluding hydrogens is 440 g/mol. The Morgan fingerprint density at radius 1 is 0.971 bits per heavy atom. The van der Waals surface area contributed by atoms with Crippen molar-refractivity contribution in [3.63, 3.8) is 0 Å². The number of ether oxygens (including phenoxy) is 1. The van der Waals surface area contributed by atoms with Gasteiger partial charge in [-0.3, -0.25) is 4.79 Å². The van der Waals surface area contributed by atoms with Crippen molar-refractivity contribution < 1.29 is 14.1 Å². The second-order valence-corrected chi connectivity index (χ2v) is 9.40. The largest absolute Gasteiger partial charge is 0.497 e. The summed E-state index contributed by atoms with van der Waals surface area (Å²) in [5.74, 6) is 1.55. The number of anilines is 3. The lowest BCUT2D eigenvalue weighted by atomic mass is 9.86. The minimum atomic E-state index is 0.0142.